The molecule has 1 aliphatic rings. The Bertz CT molecular complexity index is 1160. The first-order chi connectivity index (χ1) is 14.2. The highest BCUT2D eigenvalue weighted by molar-refractivity contribution is 7.10. The van der Waals surface area contributed by atoms with Crippen LogP contribution in [0.3, 0.4) is 0 Å². The fourth-order valence-electron chi connectivity index (χ4n) is 3.99. The molecule has 2 amide bonds. The summed E-state index contributed by atoms with van der Waals surface area (Å²) in [4.78, 5) is 16.6. The lowest BCUT2D eigenvalue weighted by Crippen LogP contribution is -2.37. The van der Waals surface area contributed by atoms with Gasteiger partial charge in [-0.1, -0.05) is 42.5 Å². The highest BCUT2D eigenvalue weighted by atomic mass is 32.1. The standard InChI is InChI=1S/C24H21N3OS/c1-17-8-2-4-10-19(17)25-24(28)27-16-18-9-3-5-11-20(18)26-14-6-12-21(26)23(27)22-13-7-15-29-22/h2-15,23H,16H2,1H3,(H,25,28)/t23-/m1/s1. The first-order valence-corrected chi connectivity index (χ1v) is 10.5. The Labute approximate surface area is 174 Å². The van der Waals surface area contributed by atoms with E-state index < -0.39 is 0 Å². The van der Waals surface area contributed by atoms with Gasteiger partial charge in [0.15, 0.2) is 0 Å². The number of urea groups is 1. The minimum Gasteiger partial charge on any atom is -0.318 e. The number of carbonyl (C=O) groups is 1. The summed E-state index contributed by atoms with van der Waals surface area (Å²) >= 11 is 1.68. The second kappa shape index (κ2) is 7.26. The van der Waals surface area contributed by atoms with Gasteiger partial charge in [0, 0.05) is 16.8 Å². The van der Waals surface area contributed by atoms with E-state index in [0.717, 1.165) is 33.1 Å². The van der Waals surface area contributed by atoms with Gasteiger partial charge in [-0.05, 0) is 53.8 Å². The van der Waals surface area contributed by atoms with Gasteiger partial charge in [-0.3, -0.25) is 0 Å². The maximum absolute atomic E-state index is 13.5. The number of anilines is 1. The number of para-hydroxylation sites is 2. The molecule has 1 atom stereocenters. The van der Waals surface area contributed by atoms with Crippen molar-refractivity contribution in [1.82, 2.24) is 9.47 Å². The number of nitrogens with one attached hydrogen (secondary N) is 1. The lowest BCUT2D eigenvalue weighted by Gasteiger charge is -2.30. The third-order valence-electron chi connectivity index (χ3n) is 5.42. The molecule has 0 fully saturated rings. The lowest BCUT2D eigenvalue weighted by molar-refractivity contribution is 0.195. The van der Waals surface area contributed by atoms with E-state index in [2.05, 4.69) is 51.8 Å². The maximum atomic E-state index is 13.5. The summed E-state index contributed by atoms with van der Waals surface area (Å²) in [6.45, 7) is 2.55. The highest BCUT2D eigenvalue weighted by Crippen LogP contribution is 2.38. The number of thiophene rings is 1. The van der Waals surface area contributed by atoms with E-state index in [0.29, 0.717) is 6.54 Å². The molecular formula is C24H21N3OS. The number of carbonyl (C=O) groups excluding carboxylic acids is 1. The van der Waals surface area contributed by atoms with E-state index in [9.17, 15) is 4.79 Å². The minimum absolute atomic E-state index is 0.0952. The molecule has 0 saturated carbocycles. The second-order valence-electron chi connectivity index (χ2n) is 7.22. The first-order valence-electron chi connectivity index (χ1n) is 9.64. The van der Waals surface area contributed by atoms with Crippen LogP contribution < -0.4 is 5.32 Å². The van der Waals surface area contributed by atoms with E-state index in [4.69, 9.17) is 0 Å². The number of hydrogen-bond acceptors (Lipinski definition) is 2. The SMILES string of the molecule is Cc1ccccc1NC(=O)N1Cc2ccccc2-n2cccc2[C@@H]1c1cccs1. The van der Waals surface area contributed by atoms with Gasteiger partial charge in [0.1, 0.15) is 6.04 Å². The summed E-state index contributed by atoms with van der Waals surface area (Å²) in [5, 5.41) is 5.20. The summed E-state index contributed by atoms with van der Waals surface area (Å²) in [5.74, 6) is 0. The van der Waals surface area contributed by atoms with Crippen molar-refractivity contribution < 1.29 is 4.79 Å². The molecule has 0 spiro atoms. The minimum atomic E-state index is -0.151. The molecule has 0 aliphatic carbocycles. The summed E-state index contributed by atoms with van der Waals surface area (Å²) in [6, 6.07) is 24.3. The number of hydrogen-bond donors (Lipinski definition) is 1. The van der Waals surface area contributed by atoms with Crippen LogP contribution in [-0.2, 0) is 6.54 Å². The first kappa shape index (κ1) is 17.8. The number of aromatic nitrogens is 1. The molecule has 0 radical (unpaired) electrons. The molecule has 5 heteroatoms. The summed E-state index contributed by atoms with van der Waals surface area (Å²) < 4.78 is 2.21. The zero-order chi connectivity index (χ0) is 19.8. The van der Waals surface area contributed by atoms with Crippen LogP contribution in [0.2, 0.25) is 0 Å². The Morgan fingerprint density at radius 3 is 2.66 bits per heavy atom. The quantitative estimate of drug-likeness (QED) is 0.442. The van der Waals surface area contributed by atoms with Crippen molar-refractivity contribution >= 4 is 23.1 Å². The van der Waals surface area contributed by atoms with Crippen LogP contribution in [0.15, 0.2) is 84.4 Å². The molecule has 2 aromatic heterocycles. The normalized spacial score (nSPS) is 15.3. The van der Waals surface area contributed by atoms with Crippen molar-refractivity contribution in [3.8, 4) is 5.69 Å². The van der Waals surface area contributed by atoms with Crippen molar-refractivity contribution in [1.29, 1.82) is 0 Å². The van der Waals surface area contributed by atoms with Gasteiger partial charge >= 0.3 is 6.03 Å². The summed E-state index contributed by atoms with van der Waals surface area (Å²) in [6.07, 6.45) is 2.08. The molecule has 1 N–H and O–H groups in total. The van der Waals surface area contributed by atoms with Crippen LogP contribution in [-0.4, -0.2) is 15.5 Å². The Balaban J connectivity index is 1.63. The van der Waals surface area contributed by atoms with Crippen molar-refractivity contribution in [3.63, 3.8) is 0 Å². The van der Waals surface area contributed by atoms with Crippen molar-refractivity contribution in [3.05, 3.63) is 106 Å². The predicted molar refractivity (Wildman–Crippen MR) is 118 cm³/mol. The smallest absolute Gasteiger partial charge is 0.318 e. The van der Waals surface area contributed by atoms with Gasteiger partial charge in [0.25, 0.3) is 0 Å². The van der Waals surface area contributed by atoms with Crippen molar-refractivity contribution in [2.75, 3.05) is 5.32 Å². The van der Waals surface area contributed by atoms with Crippen molar-refractivity contribution in [2.45, 2.75) is 19.5 Å². The molecule has 1 aliphatic heterocycles. The zero-order valence-electron chi connectivity index (χ0n) is 16.1. The van der Waals surface area contributed by atoms with Crippen LogP contribution in [0.1, 0.15) is 27.7 Å². The van der Waals surface area contributed by atoms with Gasteiger partial charge < -0.3 is 14.8 Å². The summed E-state index contributed by atoms with van der Waals surface area (Å²) in [5.41, 5.74) is 5.24. The highest BCUT2D eigenvalue weighted by Gasteiger charge is 2.33. The third-order valence-corrected chi connectivity index (χ3v) is 6.35. The third kappa shape index (κ3) is 3.13. The molecule has 0 saturated heterocycles. The Morgan fingerprint density at radius 2 is 1.83 bits per heavy atom. The number of fused-ring (bicyclic) bond motifs is 3. The second-order valence-corrected chi connectivity index (χ2v) is 8.20. The van der Waals surface area contributed by atoms with E-state index in [1.165, 1.54) is 0 Å². The van der Waals surface area contributed by atoms with Crippen LogP contribution in [0, 0.1) is 6.92 Å². The lowest BCUT2D eigenvalue weighted by atomic mass is 10.1. The van der Waals surface area contributed by atoms with E-state index in [1.807, 2.05) is 54.3 Å². The van der Waals surface area contributed by atoms with Crippen LogP contribution in [0.5, 0.6) is 0 Å². The number of amides is 2. The fraction of sp³-hybridized carbons (Fsp3) is 0.125. The van der Waals surface area contributed by atoms with Gasteiger partial charge in [0.05, 0.1) is 17.9 Å². The number of rotatable bonds is 2. The molecule has 0 unspecified atom stereocenters. The molecule has 2 aromatic carbocycles. The fourth-order valence-corrected chi connectivity index (χ4v) is 4.83. The summed E-state index contributed by atoms with van der Waals surface area (Å²) in [7, 11) is 0. The van der Waals surface area contributed by atoms with Gasteiger partial charge in [-0.15, -0.1) is 11.3 Å². The van der Waals surface area contributed by atoms with Crippen molar-refractivity contribution in [2.24, 2.45) is 0 Å². The molecule has 4 aromatic rings. The molecule has 0 bridgehead atoms. The average Bonchev–Trinajstić information content (AvgIpc) is 3.41. The Hall–Kier alpha value is -3.31. The zero-order valence-corrected chi connectivity index (χ0v) is 16.9. The topological polar surface area (TPSA) is 37.3 Å². The van der Waals surface area contributed by atoms with Gasteiger partial charge in [-0.25, -0.2) is 4.79 Å². The van der Waals surface area contributed by atoms with Crippen LogP contribution >= 0.6 is 11.3 Å². The maximum Gasteiger partial charge on any atom is 0.323 e. The number of benzene rings is 2. The molecule has 29 heavy (non-hydrogen) atoms. The molecule has 4 nitrogen and oxygen atoms in total. The molecular weight excluding hydrogens is 378 g/mol. The van der Waals surface area contributed by atoms with E-state index >= 15 is 0 Å². The monoisotopic (exact) mass is 399 g/mol. The Kier molecular flexibility index (Phi) is 4.45. The van der Waals surface area contributed by atoms with E-state index in [-0.39, 0.29) is 12.1 Å². The average molecular weight is 400 g/mol. The molecule has 144 valence electrons. The predicted octanol–water partition coefficient (Wildman–Crippen LogP) is 5.98. The Morgan fingerprint density at radius 1 is 1.00 bits per heavy atom. The number of aryl methyl sites for hydroxylation is 1. The van der Waals surface area contributed by atoms with Crippen LogP contribution in [0.25, 0.3) is 5.69 Å². The van der Waals surface area contributed by atoms with Crippen LogP contribution in [0.4, 0.5) is 10.5 Å². The van der Waals surface area contributed by atoms with E-state index in [1.54, 1.807) is 11.3 Å². The largest absolute Gasteiger partial charge is 0.323 e. The number of nitrogens with zero attached hydrogens (tertiary/aromatic N) is 2. The molecule has 3 heterocycles. The van der Waals surface area contributed by atoms with Gasteiger partial charge in [-0.2, -0.15) is 0 Å². The van der Waals surface area contributed by atoms with Gasteiger partial charge in [0.2, 0.25) is 0 Å². The molecule has 5 rings (SSSR count).